The molecule has 0 unspecified atom stereocenters. The maximum absolute atomic E-state index is 12.8. The SMILES string of the molecule is O=[N+]([O-])c1ccc(O)c(NCc2ccc3cccc(NSc4ccc(C(F)(F)F)cc4)c3n2)c1. The minimum absolute atomic E-state index is 0.123. The average molecular weight is 486 g/mol. The lowest BCUT2D eigenvalue weighted by Crippen LogP contribution is -2.04. The van der Waals surface area contributed by atoms with Crippen LogP contribution in [-0.2, 0) is 12.7 Å². The number of anilines is 2. The number of nitro benzene ring substituents is 1. The Kier molecular flexibility index (Phi) is 6.46. The fraction of sp³-hybridized carbons (Fsp3) is 0.0870. The number of fused-ring (bicyclic) bond motifs is 1. The molecule has 1 aromatic heterocycles. The normalized spacial score (nSPS) is 11.4. The maximum atomic E-state index is 12.8. The molecule has 3 N–H and O–H groups in total. The summed E-state index contributed by atoms with van der Waals surface area (Å²) in [5, 5.41) is 24.7. The zero-order valence-electron chi connectivity index (χ0n) is 17.3. The molecule has 0 fully saturated rings. The number of phenolic OH excluding ortho intramolecular Hbond substituents is 1. The van der Waals surface area contributed by atoms with Crippen LogP contribution in [-0.4, -0.2) is 15.0 Å². The highest BCUT2D eigenvalue weighted by molar-refractivity contribution is 8.00. The zero-order valence-corrected chi connectivity index (χ0v) is 18.2. The number of aromatic hydroxyl groups is 1. The number of para-hydroxylation sites is 1. The third-order valence-electron chi connectivity index (χ3n) is 4.89. The van der Waals surface area contributed by atoms with E-state index in [0.717, 1.165) is 29.5 Å². The number of non-ortho nitro benzene ring substituents is 1. The second kappa shape index (κ2) is 9.48. The summed E-state index contributed by atoms with van der Waals surface area (Å²) in [6, 6.07) is 17.7. The first-order chi connectivity index (χ1) is 16.2. The lowest BCUT2D eigenvalue weighted by atomic mass is 10.1. The van der Waals surface area contributed by atoms with Crippen LogP contribution in [0.4, 0.5) is 30.2 Å². The van der Waals surface area contributed by atoms with Gasteiger partial charge in [-0.05, 0) is 54.4 Å². The third-order valence-corrected chi connectivity index (χ3v) is 5.72. The third kappa shape index (κ3) is 5.31. The first-order valence-electron chi connectivity index (χ1n) is 9.91. The highest BCUT2D eigenvalue weighted by Gasteiger charge is 2.29. The van der Waals surface area contributed by atoms with Crippen LogP contribution in [0, 0.1) is 10.1 Å². The van der Waals surface area contributed by atoms with Crippen LogP contribution < -0.4 is 10.0 Å². The first-order valence-corrected chi connectivity index (χ1v) is 10.7. The van der Waals surface area contributed by atoms with E-state index in [9.17, 15) is 28.4 Å². The summed E-state index contributed by atoms with van der Waals surface area (Å²) >= 11 is 1.16. The number of aromatic nitrogens is 1. The van der Waals surface area contributed by atoms with Crippen molar-refractivity contribution >= 4 is 39.9 Å². The van der Waals surface area contributed by atoms with Crippen molar-refractivity contribution < 1.29 is 23.2 Å². The van der Waals surface area contributed by atoms with Crippen molar-refractivity contribution in [1.29, 1.82) is 0 Å². The van der Waals surface area contributed by atoms with Crippen molar-refractivity contribution in [2.75, 3.05) is 10.0 Å². The van der Waals surface area contributed by atoms with Crippen molar-refractivity contribution in [3.05, 3.63) is 94.2 Å². The summed E-state index contributed by atoms with van der Waals surface area (Å²) < 4.78 is 41.4. The summed E-state index contributed by atoms with van der Waals surface area (Å²) in [5.74, 6) is -0.123. The van der Waals surface area contributed by atoms with Gasteiger partial charge in [-0.15, -0.1) is 0 Å². The molecule has 34 heavy (non-hydrogen) atoms. The molecule has 3 aromatic carbocycles. The molecule has 0 aliphatic rings. The molecule has 0 saturated heterocycles. The molecule has 0 aliphatic heterocycles. The Morgan fingerprint density at radius 2 is 1.76 bits per heavy atom. The molecule has 4 rings (SSSR count). The lowest BCUT2D eigenvalue weighted by Gasteiger charge is -2.12. The number of nitrogens with one attached hydrogen (secondary N) is 2. The second-order valence-electron chi connectivity index (χ2n) is 7.22. The fourth-order valence-electron chi connectivity index (χ4n) is 3.16. The van der Waals surface area contributed by atoms with Crippen LogP contribution in [0.2, 0.25) is 0 Å². The van der Waals surface area contributed by atoms with Gasteiger partial charge in [0.25, 0.3) is 5.69 Å². The standard InChI is InChI=1S/C23H17F3N4O3S/c24-23(25,26)15-5-9-18(10-6-15)34-29-19-3-1-2-14-4-7-16(28-22(14)19)13-27-20-12-17(30(32)33)8-11-21(20)31/h1-12,27,29,31H,13H2. The van der Waals surface area contributed by atoms with Crippen molar-refractivity contribution in [2.24, 2.45) is 0 Å². The van der Waals surface area contributed by atoms with Crippen LogP contribution in [0.1, 0.15) is 11.3 Å². The molecule has 0 spiro atoms. The average Bonchev–Trinajstić information content (AvgIpc) is 2.81. The summed E-state index contributed by atoms with van der Waals surface area (Å²) in [6.07, 6.45) is -4.39. The summed E-state index contributed by atoms with van der Waals surface area (Å²) in [4.78, 5) is 15.7. The molecular weight excluding hydrogens is 469 g/mol. The van der Waals surface area contributed by atoms with Gasteiger partial charge in [0.15, 0.2) is 0 Å². The van der Waals surface area contributed by atoms with E-state index in [-0.39, 0.29) is 23.7 Å². The molecule has 0 bridgehead atoms. The van der Waals surface area contributed by atoms with Gasteiger partial charge in [-0.3, -0.25) is 10.1 Å². The number of hydrogen-bond donors (Lipinski definition) is 3. The van der Waals surface area contributed by atoms with Gasteiger partial charge in [0.05, 0.1) is 39.6 Å². The van der Waals surface area contributed by atoms with Gasteiger partial charge in [0, 0.05) is 22.4 Å². The minimum Gasteiger partial charge on any atom is -0.506 e. The number of rotatable bonds is 7. The van der Waals surface area contributed by atoms with E-state index in [4.69, 9.17) is 0 Å². The number of nitro groups is 1. The Morgan fingerprint density at radius 1 is 1.00 bits per heavy atom. The Morgan fingerprint density at radius 3 is 2.47 bits per heavy atom. The first kappa shape index (κ1) is 23.2. The Labute approximate surface area is 195 Å². The summed E-state index contributed by atoms with van der Waals surface area (Å²) in [6.45, 7) is 0.199. The highest BCUT2D eigenvalue weighted by Crippen LogP contribution is 2.32. The van der Waals surface area contributed by atoms with Crippen molar-refractivity contribution in [3.8, 4) is 5.75 Å². The molecule has 7 nitrogen and oxygen atoms in total. The summed E-state index contributed by atoms with van der Waals surface area (Å²) in [5.41, 5.74) is 1.27. The van der Waals surface area contributed by atoms with E-state index >= 15 is 0 Å². The van der Waals surface area contributed by atoms with Gasteiger partial charge >= 0.3 is 6.18 Å². The van der Waals surface area contributed by atoms with Crippen molar-refractivity contribution in [1.82, 2.24) is 4.98 Å². The minimum atomic E-state index is -4.39. The van der Waals surface area contributed by atoms with Crippen LogP contribution in [0.15, 0.2) is 77.7 Å². The number of benzene rings is 3. The molecule has 0 radical (unpaired) electrons. The topological polar surface area (TPSA) is 100 Å². The van der Waals surface area contributed by atoms with Gasteiger partial charge in [-0.1, -0.05) is 18.2 Å². The van der Waals surface area contributed by atoms with Crippen LogP contribution >= 0.6 is 11.9 Å². The van der Waals surface area contributed by atoms with Crippen molar-refractivity contribution in [2.45, 2.75) is 17.6 Å². The molecule has 11 heteroatoms. The molecule has 0 saturated carbocycles. The van der Waals surface area contributed by atoms with Crippen molar-refractivity contribution in [3.63, 3.8) is 0 Å². The van der Waals surface area contributed by atoms with Crippen LogP contribution in [0.3, 0.4) is 0 Å². The number of pyridine rings is 1. The number of halogens is 3. The number of hydrogen-bond acceptors (Lipinski definition) is 7. The van der Waals surface area contributed by atoms with Gasteiger partial charge in [-0.25, -0.2) is 4.98 Å². The molecule has 1 heterocycles. The van der Waals surface area contributed by atoms with Gasteiger partial charge in [-0.2, -0.15) is 13.2 Å². The number of alkyl halides is 3. The van der Waals surface area contributed by atoms with Gasteiger partial charge < -0.3 is 15.1 Å². The monoisotopic (exact) mass is 486 g/mol. The van der Waals surface area contributed by atoms with E-state index in [0.29, 0.717) is 21.8 Å². The Hall–Kier alpha value is -3.99. The van der Waals surface area contributed by atoms with E-state index in [2.05, 4.69) is 15.0 Å². The van der Waals surface area contributed by atoms with E-state index in [1.165, 1.54) is 30.3 Å². The summed E-state index contributed by atoms with van der Waals surface area (Å²) in [7, 11) is 0. The molecule has 4 aromatic rings. The zero-order chi connectivity index (χ0) is 24.3. The molecule has 174 valence electrons. The largest absolute Gasteiger partial charge is 0.506 e. The molecule has 0 amide bonds. The predicted molar refractivity (Wildman–Crippen MR) is 125 cm³/mol. The predicted octanol–water partition coefficient (Wildman–Crippen LogP) is 6.60. The fourth-order valence-corrected chi connectivity index (χ4v) is 3.82. The van der Waals surface area contributed by atoms with Gasteiger partial charge in [0.2, 0.25) is 0 Å². The molecular formula is C23H17F3N4O3S. The molecule has 0 atom stereocenters. The molecule has 0 aliphatic carbocycles. The Bertz CT molecular complexity index is 1350. The van der Waals surface area contributed by atoms with Crippen LogP contribution in [0.5, 0.6) is 5.75 Å². The van der Waals surface area contributed by atoms with Crippen LogP contribution in [0.25, 0.3) is 10.9 Å². The van der Waals surface area contributed by atoms with E-state index in [1.807, 2.05) is 18.2 Å². The van der Waals surface area contributed by atoms with E-state index in [1.54, 1.807) is 12.1 Å². The van der Waals surface area contributed by atoms with Gasteiger partial charge in [0.1, 0.15) is 5.75 Å². The quantitative estimate of drug-likeness (QED) is 0.117. The van der Waals surface area contributed by atoms with E-state index < -0.39 is 16.7 Å². The lowest BCUT2D eigenvalue weighted by molar-refractivity contribution is -0.384. The second-order valence-corrected chi connectivity index (χ2v) is 8.10. The number of phenols is 1. The highest BCUT2D eigenvalue weighted by atomic mass is 32.2. The smallest absolute Gasteiger partial charge is 0.416 e. The maximum Gasteiger partial charge on any atom is 0.416 e. The Balaban J connectivity index is 1.50. The number of nitrogens with zero attached hydrogens (tertiary/aromatic N) is 2.